The van der Waals surface area contributed by atoms with Gasteiger partial charge >= 0.3 is 0 Å². The van der Waals surface area contributed by atoms with Crippen LogP contribution in [0.3, 0.4) is 0 Å². The van der Waals surface area contributed by atoms with Crippen LogP contribution in [0.25, 0.3) is 0 Å². The number of piperazine rings is 1. The Bertz CT molecular complexity index is 999. The second-order valence-electron chi connectivity index (χ2n) is 7.08. The highest BCUT2D eigenvalue weighted by molar-refractivity contribution is 7.99. The van der Waals surface area contributed by atoms with Crippen LogP contribution in [0.1, 0.15) is 9.67 Å². The van der Waals surface area contributed by atoms with Gasteiger partial charge in [-0.25, -0.2) is 4.98 Å². The number of hydrogen-bond acceptors (Lipinski definition) is 6. The van der Waals surface area contributed by atoms with Crippen molar-refractivity contribution in [1.29, 1.82) is 0 Å². The van der Waals surface area contributed by atoms with E-state index in [0.717, 1.165) is 59.1 Å². The minimum Gasteiger partial charge on any atom is -0.368 e. The summed E-state index contributed by atoms with van der Waals surface area (Å²) in [6.07, 6.45) is 1.84. The lowest BCUT2D eigenvalue weighted by molar-refractivity contribution is 0.0751. The first kappa shape index (κ1) is 18.5. The van der Waals surface area contributed by atoms with Gasteiger partial charge in [0.25, 0.3) is 5.91 Å². The summed E-state index contributed by atoms with van der Waals surface area (Å²) in [5.74, 6) is 1.15. The molecular weight excluding hydrogens is 400 g/mol. The zero-order chi connectivity index (χ0) is 19.6. The number of rotatable bonds is 3. The van der Waals surface area contributed by atoms with Gasteiger partial charge in [-0.3, -0.25) is 4.79 Å². The molecule has 1 aromatic carbocycles. The van der Waals surface area contributed by atoms with E-state index in [1.807, 2.05) is 29.3 Å². The van der Waals surface area contributed by atoms with Crippen LogP contribution in [-0.4, -0.2) is 54.3 Å². The SMILES string of the molecule is O=C(c1ccc(N2CCSc3ncccc32)s1)N1CCN(c2ccccc2)CC1. The molecular formula is C22H22N4OS2. The topological polar surface area (TPSA) is 39.7 Å². The van der Waals surface area contributed by atoms with Crippen LogP contribution >= 0.6 is 23.1 Å². The average molecular weight is 423 g/mol. The zero-order valence-corrected chi connectivity index (χ0v) is 17.7. The van der Waals surface area contributed by atoms with E-state index >= 15 is 0 Å². The number of fused-ring (bicyclic) bond motifs is 1. The third-order valence-electron chi connectivity index (χ3n) is 5.35. The molecule has 0 radical (unpaired) electrons. The van der Waals surface area contributed by atoms with E-state index in [0.29, 0.717) is 0 Å². The lowest BCUT2D eigenvalue weighted by Crippen LogP contribution is -2.48. The van der Waals surface area contributed by atoms with Crippen LogP contribution in [0.4, 0.5) is 16.4 Å². The van der Waals surface area contributed by atoms with Crippen LogP contribution in [0.5, 0.6) is 0 Å². The minimum atomic E-state index is 0.145. The molecule has 4 heterocycles. The van der Waals surface area contributed by atoms with E-state index in [1.165, 1.54) is 5.69 Å². The van der Waals surface area contributed by atoms with E-state index in [2.05, 4.69) is 51.2 Å². The molecule has 0 unspecified atom stereocenters. The van der Waals surface area contributed by atoms with E-state index < -0.39 is 0 Å². The highest BCUT2D eigenvalue weighted by atomic mass is 32.2. The number of pyridine rings is 1. The average Bonchev–Trinajstić information content (AvgIpc) is 3.29. The molecule has 0 aliphatic carbocycles. The number of benzene rings is 1. The van der Waals surface area contributed by atoms with Crippen molar-refractivity contribution < 1.29 is 4.79 Å². The summed E-state index contributed by atoms with van der Waals surface area (Å²) in [4.78, 5) is 25.0. The fourth-order valence-corrected chi connectivity index (χ4v) is 5.77. The normalized spacial score (nSPS) is 16.6. The molecule has 2 aliphatic rings. The molecule has 0 N–H and O–H groups in total. The molecule has 1 fully saturated rings. The first-order valence-electron chi connectivity index (χ1n) is 9.84. The van der Waals surface area contributed by atoms with Crippen molar-refractivity contribution in [3.63, 3.8) is 0 Å². The van der Waals surface area contributed by atoms with Crippen LogP contribution < -0.4 is 9.80 Å². The molecule has 3 aromatic rings. The number of carbonyl (C=O) groups excluding carboxylic acids is 1. The number of aromatic nitrogens is 1. The molecule has 2 aliphatic heterocycles. The first-order chi connectivity index (χ1) is 14.3. The summed E-state index contributed by atoms with van der Waals surface area (Å²) in [6.45, 7) is 4.20. The first-order valence-corrected chi connectivity index (χ1v) is 11.6. The number of amides is 1. The Morgan fingerprint density at radius 1 is 0.897 bits per heavy atom. The highest BCUT2D eigenvalue weighted by Crippen LogP contribution is 2.40. The van der Waals surface area contributed by atoms with Crippen LogP contribution in [0.2, 0.25) is 0 Å². The molecule has 5 nitrogen and oxygen atoms in total. The van der Waals surface area contributed by atoms with Crippen LogP contribution in [0.15, 0.2) is 65.8 Å². The molecule has 0 spiro atoms. The Labute approximate surface area is 179 Å². The smallest absolute Gasteiger partial charge is 0.264 e. The third-order valence-corrected chi connectivity index (χ3v) is 7.42. The van der Waals surface area contributed by atoms with Gasteiger partial charge in [-0.1, -0.05) is 18.2 Å². The van der Waals surface area contributed by atoms with Crippen molar-refractivity contribution in [1.82, 2.24) is 9.88 Å². The Hall–Kier alpha value is -2.51. The molecule has 7 heteroatoms. The van der Waals surface area contributed by atoms with Gasteiger partial charge in [-0.15, -0.1) is 23.1 Å². The lowest BCUT2D eigenvalue weighted by Gasteiger charge is -2.36. The van der Waals surface area contributed by atoms with Crippen molar-refractivity contribution in [3.8, 4) is 0 Å². The maximum absolute atomic E-state index is 13.1. The van der Waals surface area contributed by atoms with Gasteiger partial charge in [0.05, 0.1) is 15.6 Å². The number of thiophene rings is 1. The summed E-state index contributed by atoms with van der Waals surface area (Å²) in [6, 6.07) is 18.6. The van der Waals surface area contributed by atoms with E-state index in [4.69, 9.17) is 0 Å². The second-order valence-corrected chi connectivity index (χ2v) is 9.23. The van der Waals surface area contributed by atoms with E-state index in [-0.39, 0.29) is 5.91 Å². The van der Waals surface area contributed by atoms with Crippen molar-refractivity contribution in [3.05, 3.63) is 65.7 Å². The maximum atomic E-state index is 13.1. The number of anilines is 3. The molecule has 148 valence electrons. The maximum Gasteiger partial charge on any atom is 0.264 e. The van der Waals surface area contributed by atoms with E-state index in [9.17, 15) is 4.79 Å². The second kappa shape index (κ2) is 8.08. The predicted molar refractivity (Wildman–Crippen MR) is 121 cm³/mol. The summed E-state index contributed by atoms with van der Waals surface area (Å²) < 4.78 is 0. The van der Waals surface area contributed by atoms with Gasteiger partial charge in [0, 0.05) is 50.4 Å². The van der Waals surface area contributed by atoms with Gasteiger partial charge in [-0.05, 0) is 36.4 Å². The fraction of sp³-hybridized carbons (Fsp3) is 0.273. The molecule has 1 saturated heterocycles. The van der Waals surface area contributed by atoms with Gasteiger partial charge in [0.15, 0.2) is 0 Å². The molecule has 1 amide bonds. The van der Waals surface area contributed by atoms with E-state index in [1.54, 1.807) is 23.1 Å². The van der Waals surface area contributed by atoms with Crippen molar-refractivity contribution in [2.75, 3.05) is 48.3 Å². The molecule has 0 bridgehead atoms. The van der Waals surface area contributed by atoms with Crippen molar-refractivity contribution >= 4 is 45.4 Å². The molecule has 5 rings (SSSR count). The molecule has 2 aromatic heterocycles. The van der Waals surface area contributed by atoms with Gasteiger partial charge in [0.2, 0.25) is 0 Å². The zero-order valence-electron chi connectivity index (χ0n) is 16.0. The quantitative estimate of drug-likeness (QED) is 0.628. The van der Waals surface area contributed by atoms with Gasteiger partial charge in [0.1, 0.15) is 5.03 Å². The van der Waals surface area contributed by atoms with Crippen molar-refractivity contribution in [2.24, 2.45) is 0 Å². The largest absolute Gasteiger partial charge is 0.368 e. The van der Waals surface area contributed by atoms with Crippen LogP contribution in [0, 0.1) is 0 Å². The lowest BCUT2D eigenvalue weighted by atomic mass is 10.2. The summed E-state index contributed by atoms with van der Waals surface area (Å²) in [5, 5.41) is 2.18. The van der Waals surface area contributed by atoms with Gasteiger partial charge in [-0.2, -0.15) is 0 Å². The molecule has 29 heavy (non-hydrogen) atoms. The third kappa shape index (κ3) is 3.72. The Morgan fingerprint density at radius 3 is 2.55 bits per heavy atom. The van der Waals surface area contributed by atoms with Crippen LogP contribution in [-0.2, 0) is 0 Å². The Kier molecular flexibility index (Phi) is 5.16. The predicted octanol–water partition coefficient (Wildman–Crippen LogP) is 4.35. The number of hydrogen-bond donors (Lipinski definition) is 0. The number of carbonyl (C=O) groups is 1. The summed E-state index contributed by atoms with van der Waals surface area (Å²) >= 11 is 3.38. The Morgan fingerprint density at radius 2 is 1.72 bits per heavy atom. The highest BCUT2D eigenvalue weighted by Gasteiger charge is 2.25. The minimum absolute atomic E-state index is 0.145. The Balaban J connectivity index is 1.28. The molecule has 0 atom stereocenters. The fourth-order valence-electron chi connectivity index (χ4n) is 3.83. The standard InChI is InChI=1S/C22H22N4OS2/c27-22(25-13-11-24(12-14-25)17-5-2-1-3-6-17)19-8-9-20(29-19)26-15-16-28-21-18(26)7-4-10-23-21/h1-10H,11-16H2. The van der Waals surface area contributed by atoms with Crippen molar-refractivity contribution in [2.45, 2.75) is 5.03 Å². The summed E-state index contributed by atoms with van der Waals surface area (Å²) in [7, 11) is 0. The van der Waals surface area contributed by atoms with Gasteiger partial charge < -0.3 is 14.7 Å². The summed E-state index contributed by atoms with van der Waals surface area (Å²) in [5.41, 5.74) is 2.37. The number of thioether (sulfide) groups is 1. The molecule has 0 saturated carbocycles. The number of nitrogens with zero attached hydrogens (tertiary/aromatic N) is 4. The number of para-hydroxylation sites is 1. The monoisotopic (exact) mass is 422 g/mol.